The molecule has 2 fully saturated rings. The fourth-order valence-corrected chi connectivity index (χ4v) is 5.06. The minimum absolute atomic E-state index is 0.104. The van der Waals surface area contributed by atoms with E-state index in [1.165, 1.54) is 5.56 Å². The maximum absolute atomic E-state index is 12.4. The van der Waals surface area contributed by atoms with E-state index < -0.39 is 10.0 Å². The van der Waals surface area contributed by atoms with Crippen LogP contribution in [0.1, 0.15) is 31.2 Å². The lowest BCUT2D eigenvalue weighted by Gasteiger charge is -2.37. The van der Waals surface area contributed by atoms with Crippen molar-refractivity contribution in [1.29, 1.82) is 0 Å². The van der Waals surface area contributed by atoms with Crippen molar-refractivity contribution < 1.29 is 13.2 Å². The topological polar surface area (TPSA) is 49.9 Å². The molecule has 6 heteroatoms. The minimum Gasteiger partial charge on any atom is -0.497 e. The van der Waals surface area contributed by atoms with E-state index in [0.717, 1.165) is 51.1 Å². The average Bonchev–Trinajstić information content (AvgIpc) is 3.40. The summed E-state index contributed by atoms with van der Waals surface area (Å²) in [7, 11) is 0.346. The number of hydrogen-bond donors (Lipinski definition) is 0. The lowest BCUT2D eigenvalue weighted by atomic mass is 10.0. The smallest absolute Gasteiger partial charge is 0.217 e. The van der Waals surface area contributed by atoms with Gasteiger partial charge in [0.15, 0.2) is 0 Å². The van der Waals surface area contributed by atoms with Crippen molar-refractivity contribution in [2.45, 2.75) is 43.5 Å². The van der Waals surface area contributed by atoms with E-state index >= 15 is 0 Å². The van der Waals surface area contributed by atoms with Gasteiger partial charge >= 0.3 is 0 Å². The van der Waals surface area contributed by atoms with Gasteiger partial charge in [0.05, 0.1) is 12.4 Å². The molecule has 1 heterocycles. The van der Waals surface area contributed by atoms with Gasteiger partial charge in [-0.3, -0.25) is 4.90 Å². The first-order chi connectivity index (χ1) is 11.0. The van der Waals surface area contributed by atoms with Gasteiger partial charge in [-0.1, -0.05) is 12.1 Å². The first kappa shape index (κ1) is 16.7. The number of benzene rings is 1. The number of piperidine rings is 1. The van der Waals surface area contributed by atoms with Crippen LogP contribution in [0.25, 0.3) is 0 Å². The number of likely N-dealkylation sites (N-methyl/N-ethyl adjacent to an activating group) is 1. The van der Waals surface area contributed by atoms with Gasteiger partial charge in [-0.15, -0.1) is 0 Å². The Hall–Kier alpha value is -1.11. The Bertz CT molecular complexity index is 626. The summed E-state index contributed by atoms with van der Waals surface area (Å²) in [6.45, 7) is 2.70. The van der Waals surface area contributed by atoms with Gasteiger partial charge in [-0.2, -0.15) is 0 Å². The Morgan fingerprint density at radius 1 is 1.22 bits per heavy atom. The maximum atomic E-state index is 12.4. The van der Waals surface area contributed by atoms with Crippen LogP contribution in [-0.4, -0.2) is 56.2 Å². The molecule has 5 nitrogen and oxygen atoms in total. The van der Waals surface area contributed by atoms with Crippen LogP contribution in [0, 0.1) is 0 Å². The number of ether oxygens (including phenoxy) is 1. The summed E-state index contributed by atoms with van der Waals surface area (Å²) in [6.07, 6.45) is 3.66. The zero-order valence-electron chi connectivity index (χ0n) is 13.9. The Balaban J connectivity index is 1.61. The molecule has 0 aromatic heterocycles. The third-order valence-corrected chi connectivity index (χ3v) is 7.32. The molecule has 0 amide bonds. The monoisotopic (exact) mass is 338 g/mol. The van der Waals surface area contributed by atoms with Gasteiger partial charge in [-0.25, -0.2) is 12.7 Å². The molecule has 1 aliphatic carbocycles. The van der Waals surface area contributed by atoms with E-state index in [4.69, 9.17) is 4.74 Å². The SMILES string of the molecule is COc1ccc(CN2CCCC(N(C)S(=O)(=O)C3CC3)C2)cc1. The largest absolute Gasteiger partial charge is 0.497 e. The molecular formula is C17H26N2O3S. The molecule has 1 saturated heterocycles. The summed E-state index contributed by atoms with van der Waals surface area (Å²) in [5.41, 5.74) is 1.24. The van der Waals surface area contributed by atoms with Crippen LogP contribution < -0.4 is 4.74 Å². The number of likely N-dealkylation sites (tertiary alicyclic amines) is 1. The van der Waals surface area contributed by atoms with Crippen LogP contribution in [0.5, 0.6) is 5.75 Å². The van der Waals surface area contributed by atoms with Crippen LogP contribution in [0.2, 0.25) is 0 Å². The van der Waals surface area contributed by atoms with E-state index in [0.29, 0.717) is 0 Å². The molecule has 1 aromatic rings. The second-order valence-electron chi connectivity index (χ2n) is 6.64. The van der Waals surface area contributed by atoms with Gasteiger partial charge in [0.1, 0.15) is 5.75 Å². The summed E-state index contributed by atoms with van der Waals surface area (Å²) < 4.78 is 31.7. The second kappa shape index (κ2) is 6.79. The molecule has 1 unspecified atom stereocenters. The summed E-state index contributed by atoms with van der Waals surface area (Å²) in [4.78, 5) is 2.36. The Morgan fingerprint density at radius 2 is 1.91 bits per heavy atom. The van der Waals surface area contributed by atoms with E-state index in [1.807, 2.05) is 12.1 Å². The number of methoxy groups -OCH3 is 1. The van der Waals surface area contributed by atoms with Crippen LogP contribution in [0.4, 0.5) is 0 Å². The van der Waals surface area contributed by atoms with E-state index in [1.54, 1.807) is 18.5 Å². The van der Waals surface area contributed by atoms with Crippen molar-refractivity contribution in [1.82, 2.24) is 9.21 Å². The number of rotatable bonds is 6. The van der Waals surface area contributed by atoms with E-state index in [2.05, 4.69) is 17.0 Å². The molecule has 3 rings (SSSR count). The molecule has 0 spiro atoms. The molecule has 1 saturated carbocycles. The van der Waals surface area contributed by atoms with Crippen molar-refractivity contribution in [2.75, 3.05) is 27.2 Å². The molecule has 1 aliphatic heterocycles. The third kappa shape index (κ3) is 3.87. The van der Waals surface area contributed by atoms with Crippen molar-refractivity contribution in [2.24, 2.45) is 0 Å². The van der Waals surface area contributed by atoms with Crippen molar-refractivity contribution in [3.05, 3.63) is 29.8 Å². The highest BCUT2D eigenvalue weighted by Gasteiger charge is 2.41. The van der Waals surface area contributed by atoms with Gasteiger partial charge in [-0.05, 0) is 49.9 Å². The number of hydrogen-bond acceptors (Lipinski definition) is 4. The molecule has 0 N–H and O–H groups in total. The molecule has 23 heavy (non-hydrogen) atoms. The summed E-state index contributed by atoms with van der Waals surface area (Å²) >= 11 is 0. The molecule has 0 bridgehead atoms. The van der Waals surface area contributed by atoms with Crippen LogP contribution in [0.15, 0.2) is 24.3 Å². The first-order valence-electron chi connectivity index (χ1n) is 8.33. The van der Waals surface area contributed by atoms with Crippen LogP contribution >= 0.6 is 0 Å². The zero-order valence-corrected chi connectivity index (χ0v) is 14.8. The van der Waals surface area contributed by atoms with Gasteiger partial charge in [0.25, 0.3) is 0 Å². The van der Waals surface area contributed by atoms with Gasteiger partial charge in [0, 0.05) is 26.2 Å². The number of sulfonamides is 1. The highest BCUT2D eigenvalue weighted by molar-refractivity contribution is 7.90. The fourth-order valence-electron chi connectivity index (χ4n) is 3.27. The Labute approximate surface area is 139 Å². The van der Waals surface area contributed by atoms with Crippen molar-refractivity contribution in [3.63, 3.8) is 0 Å². The average molecular weight is 338 g/mol. The highest BCUT2D eigenvalue weighted by Crippen LogP contribution is 2.32. The molecule has 128 valence electrons. The van der Waals surface area contributed by atoms with Crippen LogP contribution in [-0.2, 0) is 16.6 Å². The van der Waals surface area contributed by atoms with Crippen LogP contribution in [0.3, 0.4) is 0 Å². The lowest BCUT2D eigenvalue weighted by molar-refractivity contribution is 0.153. The predicted molar refractivity (Wildman–Crippen MR) is 91.0 cm³/mol. The molecule has 0 radical (unpaired) electrons. The summed E-state index contributed by atoms with van der Waals surface area (Å²) in [5, 5.41) is -0.121. The van der Waals surface area contributed by atoms with E-state index in [9.17, 15) is 8.42 Å². The van der Waals surface area contributed by atoms with Gasteiger partial charge in [0.2, 0.25) is 10.0 Å². The normalized spacial score (nSPS) is 23.2. The molecule has 2 aliphatic rings. The maximum Gasteiger partial charge on any atom is 0.217 e. The Morgan fingerprint density at radius 3 is 2.52 bits per heavy atom. The third-order valence-electron chi connectivity index (χ3n) is 4.91. The zero-order chi connectivity index (χ0) is 16.4. The van der Waals surface area contributed by atoms with Crippen molar-refractivity contribution >= 4 is 10.0 Å². The van der Waals surface area contributed by atoms with Crippen molar-refractivity contribution in [3.8, 4) is 5.75 Å². The fraction of sp³-hybridized carbons (Fsp3) is 0.647. The first-order valence-corrected chi connectivity index (χ1v) is 9.83. The highest BCUT2D eigenvalue weighted by atomic mass is 32.2. The summed E-state index contributed by atoms with van der Waals surface area (Å²) in [5.74, 6) is 0.862. The molecular weight excluding hydrogens is 312 g/mol. The Kier molecular flexibility index (Phi) is 4.94. The lowest BCUT2D eigenvalue weighted by Crippen LogP contribution is -2.48. The number of nitrogens with zero attached hydrogens (tertiary/aromatic N) is 2. The van der Waals surface area contributed by atoms with Gasteiger partial charge < -0.3 is 4.74 Å². The quantitative estimate of drug-likeness (QED) is 0.797. The predicted octanol–water partition coefficient (Wildman–Crippen LogP) is 2.08. The minimum atomic E-state index is -3.08. The summed E-state index contributed by atoms with van der Waals surface area (Å²) in [6, 6.07) is 8.20. The van der Waals surface area contributed by atoms with E-state index in [-0.39, 0.29) is 11.3 Å². The standard InChI is InChI=1S/C17H26N2O3S/c1-18(23(20,21)17-9-10-17)15-4-3-11-19(13-15)12-14-5-7-16(22-2)8-6-14/h5-8,15,17H,3-4,9-13H2,1-2H3. The molecule has 1 atom stereocenters. The molecule has 1 aromatic carbocycles. The second-order valence-corrected chi connectivity index (χ2v) is 8.91.